The van der Waals surface area contributed by atoms with Crippen LogP contribution >= 0.6 is 0 Å². The highest BCUT2D eigenvalue weighted by atomic mass is 19.4. The Morgan fingerprint density at radius 2 is 1.86 bits per heavy atom. The molecule has 0 spiro atoms. The predicted molar refractivity (Wildman–Crippen MR) is 129 cm³/mol. The number of rotatable bonds is 7. The topological polar surface area (TPSA) is 91.8 Å². The van der Waals surface area contributed by atoms with Gasteiger partial charge in [0.1, 0.15) is 12.4 Å². The molecule has 0 aliphatic carbocycles. The molecule has 0 radical (unpaired) electrons. The Hall–Kier alpha value is -3.30. The molecule has 2 aromatic rings. The van der Waals surface area contributed by atoms with Gasteiger partial charge in [-0.3, -0.25) is 14.7 Å². The molecule has 1 aliphatic heterocycles. The van der Waals surface area contributed by atoms with Crippen LogP contribution in [0.5, 0.6) is 5.75 Å². The smallest absolute Gasteiger partial charge is 0.419 e. The summed E-state index contributed by atoms with van der Waals surface area (Å²) in [4.78, 5) is 29.8. The third-order valence-electron chi connectivity index (χ3n) is 6.06. The van der Waals surface area contributed by atoms with Crippen molar-refractivity contribution in [3.05, 3.63) is 47.3 Å². The second-order valence-electron chi connectivity index (χ2n) is 10.7. The summed E-state index contributed by atoms with van der Waals surface area (Å²) in [6.45, 7) is 10.7. The van der Waals surface area contributed by atoms with Crippen LogP contribution < -0.4 is 10.1 Å². The maximum atomic E-state index is 14.1. The summed E-state index contributed by atoms with van der Waals surface area (Å²) in [6, 6.07) is 5.14. The Kier molecular flexibility index (Phi) is 7.30. The van der Waals surface area contributed by atoms with Crippen molar-refractivity contribution in [2.75, 3.05) is 6.61 Å². The number of ether oxygens (including phenoxy) is 1. The van der Waals surface area contributed by atoms with E-state index in [0.717, 1.165) is 6.07 Å². The van der Waals surface area contributed by atoms with Crippen LogP contribution in [-0.4, -0.2) is 44.7 Å². The van der Waals surface area contributed by atoms with Crippen molar-refractivity contribution in [1.29, 1.82) is 0 Å². The number of hydrogen-bond acceptors (Lipinski definition) is 4. The van der Waals surface area contributed by atoms with Crippen molar-refractivity contribution in [2.45, 2.75) is 71.8 Å². The number of nitrogens with zero attached hydrogens (tertiary/aromatic N) is 2. The third-order valence-corrected chi connectivity index (χ3v) is 6.06. The van der Waals surface area contributed by atoms with Crippen LogP contribution in [0.4, 0.5) is 18.0 Å². The zero-order valence-electron chi connectivity index (χ0n) is 21.3. The van der Waals surface area contributed by atoms with Gasteiger partial charge in [0.15, 0.2) is 0 Å². The van der Waals surface area contributed by atoms with Crippen LogP contribution in [0.3, 0.4) is 0 Å². The number of carbonyl (C=O) groups excluding carboxylic acids is 1. The molecule has 0 fully saturated rings. The van der Waals surface area contributed by atoms with Crippen molar-refractivity contribution < 1.29 is 32.6 Å². The van der Waals surface area contributed by atoms with E-state index in [0.29, 0.717) is 17.7 Å². The summed E-state index contributed by atoms with van der Waals surface area (Å²) in [7, 11) is 0. The van der Waals surface area contributed by atoms with Gasteiger partial charge in [-0.05, 0) is 69.4 Å². The quantitative estimate of drug-likeness (QED) is 0.482. The number of fused-ring (bicyclic) bond motifs is 1. The highest BCUT2D eigenvalue weighted by Gasteiger charge is 2.44. The van der Waals surface area contributed by atoms with Crippen molar-refractivity contribution in [2.24, 2.45) is 5.92 Å². The first-order chi connectivity index (χ1) is 16.5. The second-order valence-corrected chi connectivity index (χ2v) is 10.7. The molecular weight excluding hydrogens is 475 g/mol. The lowest BCUT2D eigenvalue weighted by atomic mass is 9.86. The molecule has 1 aromatic carbocycles. The van der Waals surface area contributed by atoms with Gasteiger partial charge < -0.3 is 15.2 Å². The van der Waals surface area contributed by atoms with E-state index in [2.05, 4.69) is 10.3 Å². The summed E-state index contributed by atoms with van der Waals surface area (Å²) in [6.07, 6.45) is -4.08. The summed E-state index contributed by atoms with van der Waals surface area (Å²) < 4.78 is 48.1. The van der Waals surface area contributed by atoms with Crippen molar-refractivity contribution in [1.82, 2.24) is 15.2 Å². The molecule has 0 saturated carbocycles. The molecule has 10 heteroatoms. The van der Waals surface area contributed by atoms with Crippen LogP contribution in [0.2, 0.25) is 0 Å². The lowest BCUT2D eigenvalue weighted by molar-refractivity contribution is -0.139. The number of benzene rings is 1. The average Bonchev–Trinajstić information content (AvgIpc) is 3.10. The van der Waals surface area contributed by atoms with E-state index in [1.807, 2.05) is 13.8 Å². The average molecular weight is 508 g/mol. The molecule has 2 N–H and O–H groups in total. The highest BCUT2D eigenvalue weighted by molar-refractivity contribution is 6.04. The molecule has 3 rings (SSSR count). The van der Waals surface area contributed by atoms with Gasteiger partial charge in [-0.1, -0.05) is 19.9 Å². The predicted octanol–water partition coefficient (Wildman–Crippen LogP) is 5.97. The van der Waals surface area contributed by atoms with E-state index >= 15 is 0 Å². The number of carboxylic acid groups (broad SMARTS) is 1. The first-order valence-electron chi connectivity index (χ1n) is 11.7. The molecular formula is C26H32F3N3O4. The maximum absolute atomic E-state index is 14.1. The van der Waals surface area contributed by atoms with Gasteiger partial charge in [0, 0.05) is 11.7 Å². The van der Waals surface area contributed by atoms with E-state index in [9.17, 15) is 27.9 Å². The lowest BCUT2D eigenvalue weighted by Gasteiger charge is -2.47. The number of aromatic nitrogens is 1. The molecule has 36 heavy (non-hydrogen) atoms. The number of halogens is 3. The zero-order chi connectivity index (χ0) is 27.1. The number of hydrogen-bond donors (Lipinski definition) is 2. The number of carbonyl (C=O) groups is 2. The highest BCUT2D eigenvalue weighted by Crippen LogP contribution is 2.41. The fourth-order valence-corrected chi connectivity index (χ4v) is 5.09. The normalized spacial score (nSPS) is 15.3. The largest absolute Gasteiger partial charge is 0.491 e. The van der Waals surface area contributed by atoms with Crippen LogP contribution in [0.25, 0.3) is 11.1 Å². The molecule has 2 heterocycles. The number of alkyl halides is 3. The zero-order valence-corrected chi connectivity index (χ0v) is 21.3. The summed E-state index contributed by atoms with van der Waals surface area (Å²) in [5, 5.41) is 12.6. The Morgan fingerprint density at radius 1 is 1.19 bits per heavy atom. The fraction of sp³-hybridized carbons (Fsp3) is 0.500. The van der Waals surface area contributed by atoms with Gasteiger partial charge in [-0.2, -0.15) is 13.2 Å². The van der Waals surface area contributed by atoms with Crippen molar-refractivity contribution >= 4 is 12.0 Å². The monoisotopic (exact) mass is 507 g/mol. The van der Waals surface area contributed by atoms with Gasteiger partial charge in [0.25, 0.3) is 5.91 Å². The Morgan fingerprint density at radius 3 is 2.42 bits per heavy atom. The number of nitrogens with one attached hydrogen (secondary N) is 1. The molecule has 2 amide bonds. The standard InChI is InChI=1S/C26H32F3N3O4/c1-15(2)12-25(6,32(23(34)35)24(3,4)5)14-36-20-8-7-16(11-18(20)26(27,28)29)17-9-10-30-19-13-31-22(33)21(17)19/h7-11,15H,12-14H2,1-6H3,(H,31,33)(H,34,35)/t25-/m0/s1. The third kappa shape index (κ3) is 5.57. The number of pyridine rings is 1. The van der Waals surface area contributed by atoms with Gasteiger partial charge in [-0.25, -0.2) is 4.79 Å². The maximum Gasteiger partial charge on any atom is 0.419 e. The van der Waals surface area contributed by atoms with E-state index in [4.69, 9.17) is 4.74 Å². The summed E-state index contributed by atoms with van der Waals surface area (Å²) >= 11 is 0. The van der Waals surface area contributed by atoms with Crippen LogP contribution in [0.15, 0.2) is 30.5 Å². The van der Waals surface area contributed by atoms with Crippen molar-refractivity contribution in [3.8, 4) is 16.9 Å². The van der Waals surface area contributed by atoms with E-state index in [1.54, 1.807) is 27.7 Å². The van der Waals surface area contributed by atoms with E-state index < -0.39 is 34.7 Å². The minimum absolute atomic E-state index is 0.0622. The summed E-state index contributed by atoms with van der Waals surface area (Å²) in [5.41, 5.74) is -1.62. The van der Waals surface area contributed by atoms with Crippen LogP contribution in [-0.2, 0) is 12.7 Å². The molecule has 1 aromatic heterocycles. The first-order valence-corrected chi connectivity index (χ1v) is 11.7. The van der Waals surface area contributed by atoms with E-state index in [1.165, 1.54) is 29.3 Å². The Labute approximate surface area is 208 Å². The SMILES string of the molecule is CC(C)C[C@@](C)(COc1ccc(-c2ccnc3c2C(=O)NC3)cc1C(F)(F)F)N(C(=O)O)C(C)(C)C. The first kappa shape index (κ1) is 27.3. The van der Waals surface area contributed by atoms with Crippen molar-refractivity contribution in [3.63, 3.8) is 0 Å². The summed E-state index contributed by atoms with van der Waals surface area (Å²) in [5.74, 6) is -0.731. The van der Waals surface area contributed by atoms with Gasteiger partial charge in [0.05, 0.1) is 28.9 Å². The Bertz CT molecular complexity index is 1160. The van der Waals surface area contributed by atoms with Crippen LogP contribution in [0, 0.1) is 5.92 Å². The van der Waals surface area contributed by atoms with E-state index in [-0.39, 0.29) is 36.1 Å². The molecule has 1 atom stereocenters. The van der Waals surface area contributed by atoms with Crippen LogP contribution in [0.1, 0.15) is 69.6 Å². The van der Waals surface area contributed by atoms with Gasteiger partial charge in [-0.15, -0.1) is 0 Å². The van der Waals surface area contributed by atoms with Gasteiger partial charge >= 0.3 is 12.3 Å². The molecule has 0 saturated heterocycles. The second kappa shape index (κ2) is 9.63. The minimum Gasteiger partial charge on any atom is -0.491 e. The van der Waals surface area contributed by atoms with Gasteiger partial charge in [0.2, 0.25) is 0 Å². The Balaban J connectivity index is 2.03. The molecule has 1 aliphatic rings. The molecule has 196 valence electrons. The minimum atomic E-state index is -4.74. The molecule has 0 bridgehead atoms. The number of amides is 2. The fourth-order valence-electron chi connectivity index (χ4n) is 5.09. The molecule has 0 unspecified atom stereocenters. The molecule has 7 nitrogen and oxygen atoms in total. The lowest BCUT2D eigenvalue weighted by Crippen LogP contribution is -2.61.